The number of furan rings is 1. The Morgan fingerprint density at radius 3 is 2.48 bits per heavy atom. The van der Waals surface area contributed by atoms with Gasteiger partial charge in [0.2, 0.25) is 5.76 Å². The second-order valence-corrected chi connectivity index (χ2v) is 6.49. The third kappa shape index (κ3) is 4.99. The van der Waals surface area contributed by atoms with Crippen LogP contribution in [0.1, 0.15) is 32.0 Å². The molecular weight excluding hydrogens is 400 g/mol. The van der Waals surface area contributed by atoms with E-state index >= 15 is 0 Å². The molecule has 0 spiro atoms. The van der Waals surface area contributed by atoms with Gasteiger partial charge < -0.3 is 14.5 Å². The minimum Gasteiger partial charge on any atom is -0.455 e. The normalized spacial score (nSPS) is 10.4. The van der Waals surface area contributed by atoms with Gasteiger partial charge in [-0.1, -0.05) is 23.7 Å². The fourth-order valence-electron chi connectivity index (χ4n) is 2.43. The number of esters is 1. The fourth-order valence-corrected chi connectivity index (χ4v) is 2.55. The van der Waals surface area contributed by atoms with Crippen molar-refractivity contribution in [3.05, 3.63) is 92.2 Å². The van der Waals surface area contributed by atoms with Crippen molar-refractivity contribution in [1.29, 1.82) is 0 Å². The van der Waals surface area contributed by atoms with Crippen molar-refractivity contribution in [3.63, 3.8) is 0 Å². The van der Waals surface area contributed by atoms with Crippen LogP contribution in [0.25, 0.3) is 0 Å². The highest BCUT2D eigenvalue weighted by molar-refractivity contribution is 6.31. The summed E-state index contributed by atoms with van der Waals surface area (Å²) in [6.07, 6.45) is 0. The van der Waals surface area contributed by atoms with Crippen molar-refractivity contribution in [1.82, 2.24) is 0 Å². The molecule has 0 radical (unpaired) electrons. The molecule has 0 unspecified atom stereocenters. The summed E-state index contributed by atoms with van der Waals surface area (Å²) >= 11 is 5.97. The largest absolute Gasteiger partial charge is 0.455 e. The Kier molecular flexibility index (Phi) is 5.94. The molecule has 9 heteroatoms. The van der Waals surface area contributed by atoms with Crippen LogP contribution >= 0.6 is 11.6 Å². The molecule has 0 fully saturated rings. The zero-order valence-electron chi connectivity index (χ0n) is 15.2. The highest BCUT2D eigenvalue weighted by atomic mass is 35.5. The van der Waals surface area contributed by atoms with Crippen molar-refractivity contribution in [2.45, 2.75) is 13.5 Å². The second kappa shape index (κ2) is 8.57. The number of nitrogens with one attached hydrogen (secondary N) is 1. The zero-order valence-corrected chi connectivity index (χ0v) is 15.9. The molecule has 3 rings (SSSR count). The van der Waals surface area contributed by atoms with Gasteiger partial charge in [-0.15, -0.1) is 0 Å². The summed E-state index contributed by atoms with van der Waals surface area (Å²) in [4.78, 5) is 34.0. The Labute approximate surface area is 170 Å². The number of carbonyl (C=O) groups excluding carboxylic acids is 2. The average Bonchev–Trinajstić information content (AvgIpc) is 3.20. The summed E-state index contributed by atoms with van der Waals surface area (Å²) in [5.74, 6) is -1.91. The number of anilines is 1. The van der Waals surface area contributed by atoms with Gasteiger partial charge in [0.15, 0.2) is 0 Å². The van der Waals surface area contributed by atoms with Gasteiger partial charge in [-0.3, -0.25) is 14.9 Å². The van der Waals surface area contributed by atoms with E-state index in [4.69, 9.17) is 20.8 Å². The monoisotopic (exact) mass is 414 g/mol. The van der Waals surface area contributed by atoms with Crippen LogP contribution in [0.15, 0.2) is 59.0 Å². The summed E-state index contributed by atoms with van der Waals surface area (Å²) < 4.78 is 9.84. The van der Waals surface area contributed by atoms with Crippen LogP contribution in [0.2, 0.25) is 5.02 Å². The Bertz CT molecular complexity index is 1070. The van der Waals surface area contributed by atoms with Gasteiger partial charge in [-0.25, -0.2) is 4.79 Å². The van der Waals surface area contributed by atoms with Gasteiger partial charge in [0.05, 0.1) is 6.07 Å². The molecule has 1 aromatic heterocycles. The number of amides is 1. The van der Waals surface area contributed by atoms with E-state index in [0.717, 1.165) is 11.6 Å². The lowest BCUT2D eigenvalue weighted by atomic mass is 10.1. The third-order valence-electron chi connectivity index (χ3n) is 3.97. The highest BCUT2D eigenvalue weighted by Crippen LogP contribution is 2.20. The number of carbonyl (C=O) groups is 2. The van der Waals surface area contributed by atoms with Crippen LogP contribution in [-0.2, 0) is 11.3 Å². The molecule has 8 nitrogen and oxygen atoms in total. The minimum atomic E-state index is -0.821. The number of nitro groups is 1. The van der Waals surface area contributed by atoms with E-state index in [1.807, 2.05) is 6.92 Å². The van der Waals surface area contributed by atoms with Gasteiger partial charge in [0, 0.05) is 16.3 Å². The summed E-state index contributed by atoms with van der Waals surface area (Å²) in [6.45, 7) is 1.76. The lowest BCUT2D eigenvalue weighted by Crippen LogP contribution is -2.12. The van der Waals surface area contributed by atoms with E-state index in [0.29, 0.717) is 21.8 Å². The molecule has 2 aromatic carbocycles. The smallest absolute Gasteiger partial charge is 0.433 e. The Morgan fingerprint density at radius 2 is 1.86 bits per heavy atom. The second-order valence-electron chi connectivity index (χ2n) is 6.09. The van der Waals surface area contributed by atoms with Gasteiger partial charge in [0.25, 0.3) is 5.91 Å². The number of rotatable bonds is 6. The maximum Gasteiger partial charge on any atom is 0.433 e. The summed E-state index contributed by atoms with van der Waals surface area (Å²) in [6, 6.07) is 13.9. The lowest BCUT2D eigenvalue weighted by Gasteiger charge is -2.08. The van der Waals surface area contributed by atoms with E-state index < -0.39 is 16.8 Å². The number of nitrogens with zero attached hydrogens (tertiary/aromatic N) is 1. The molecule has 1 amide bonds. The molecule has 1 heterocycles. The van der Waals surface area contributed by atoms with E-state index in [-0.39, 0.29) is 18.3 Å². The number of benzene rings is 2. The standard InChI is InChI=1S/C20H15ClN2O6/c1-12-10-15(6-7-16(12)21)22-19(24)14-4-2-13(3-5-14)11-28-20(25)17-8-9-18(29-17)23(26)27/h2-10H,11H2,1H3,(H,22,24). The van der Waals surface area contributed by atoms with Crippen LogP contribution in [-0.4, -0.2) is 16.8 Å². The first-order valence-electron chi connectivity index (χ1n) is 8.41. The molecule has 1 N–H and O–H groups in total. The number of hydrogen-bond acceptors (Lipinski definition) is 6. The Morgan fingerprint density at radius 1 is 1.14 bits per heavy atom. The molecule has 0 bridgehead atoms. The Balaban J connectivity index is 1.57. The number of halogens is 1. The lowest BCUT2D eigenvalue weighted by molar-refractivity contribution is -0.402. The van der Waals surface area contributed by atoms with Crippen molar-refractivity contribution < 1.29 is 23.7 Å². The molecular formula is C20H15ClN2O6. The Hall–Kier alpha value is -3.65. The van der Waals surface area contributed by atoms with E-state index in [9.17, 15) is 19.7 Å². The third-order valence-corrected chi connectivity index (χ3v) is 4.40. The molecule has 0 aliphatic carbocycles. The van der Waals surface area contributed by atoms with Crippen LogP contribution < -0.4 is 5.32 Å². The van der Waals surface area contributed by atoms with Crippen molar-refractivity contribution in [2.75, 3.05) is 5.32 Å². The molecule has 148 valence electrons. The van der Waals surface area contributed by atoms with E-state index in [1.165, 1.54) is 6.07 Å². The first-order valence-corrected chi connectivity index (χ1v) is 8.79. The van der Waals surface area contributed by atoms with Crippen LogP contribution in [0.3, 0.4) is 0 Å². The van der Waals surface area contributed by atoms with Crippen LogP contribution in [0, 0.1) is 17.0 Å². The number of hydrogen-bond donors (Lipinski definition) is 1. The van der Waals surface area contributed by atoms with Crippen LogP contribution in [0.4, 0.5) is 11.6 Å². The van der Waals surface area contributed by atoms with Gasteiger partial charge in [0.1, 0.15) is 11.5 Å². The molecule has 0 aliphatic rings. The summed E-state index contributed by atoms with van der Waals surface area (Å²) in [7, 11) is 0. The summed E-state index contributed by atoms with van der Waals surface area (Å²) in [5.41, 5.74) is 2.54. The van der Waals surface area contributed by atoms with Crippen LogP contribution in [0.5, 0.6) is 0 Å². The molecule has 3 aromatic rings. The maximum atomic E-state index is 12.3. The number of aryl methyl sites for hydroxylation is 1. The molecule has 0 aliphatic heterocycles. The van der Waals surface area contributed by atoms with Crippen molar-refractivity contribution >= 4 is 35.0 Å². The average molecular weight is 415 g/mol. The molecule has 0 saturated carbocycles. The quantitative estimate of drug-likeness (QED) is 0.353. The van der Waals surface area contributed by atoms with Gasteiger partial charge in [-0.2, -0.15) is 0 Å². The first kappa shape index (κ1) is 20.1. The molecule has 29 heavy (non-hydrogen) atoms. The molecule has 0 saturated heterocycles. The predicted molar refractivity (Wildman–Crippen MR) is 105 cm³/mol. The maximum absolute atomic E-state index is 12.3. The topological polar surface area (TPSA) is 112 Å². The first-order chi connectivity index (χ1) is 13.8. The SMILES string of the molecule is Cc1cc(NC(=O)c2ccc(COC(=O)c3ccc([N+](=O)[O-])o3)cc2)ccc1Cl. The highest BCUT2D eigenvalue weighted by Gasteiger charge is 2.18. The van der Waals surface area contributed by atoms with Gasteiger partial charge >= 0.3 is 11.9 Å². The predicted octanol–water partition coefficient (Wildman–Crippen LogP) is 4.76. The van der Waals surface area contributed by atoms with Crippen molar-refractivity contribution in [2.24, 2.45) is 0 Å². The van der Waals surface area contributed by atoms with E-state index in [1.54, 1.807) is 42.5 Å². The molecule has 0 atom stereocenters. The van der Waals surface area contributed by atoms with Gasteiger partial charge in [-0.05, 0) is 54.4 Å². The van der Waals surface area contributed by atoms with E-state index in [2.05, 4.69) is 5.32 Å². The minimum absolute atomic E-state index is 0.0778. The zero-order chi connectivity index (χ0) is 21.0. The summed E-state index contributed by atoms with van der Waals surface area (Å²) in [5, 5.41) is 14.0. The fraction of sp³-hybridized carbons (Fsp3) is 0.100. The van der Waals surface area contributed by atoms with Crippen molar-refractivity contribution in [3.8, 4) is 0 Å². The number of ether oxygens (including phenoxy) is 1.